The van der Waals surface area contributed by atoms with Gasteiger partial charge in [0.1, 0.15) is 6.10 Å². The molecule has 0 aliphatic carbocycles. The van der Waals surface area contributed by atoms with Gasteiger partial charge >= 0.3 is 5.97 Å². The molecular formula is C19H26N4O10. The molecule has 1 fully saturated rings. The van der Waals surface area contributed by atoms with Gasteiger partial charge in [-0.15, -0.1) is 0 Å². The van der Waals surface area contributed by atoms with Gasteiger partial charge in [-0.05, 0) is 6.42 Å². The summed E-state index contributed by atoms with van der Waals surface area (Å²) < 4.78 is 10.8. The van der Waals surface area contributed by atoms with Crippen molar-refractivity contribution in [3.05, 3.63) is 12.2 Å². The molecule has 0 saturated carbocycles. The molecule has 0 bridgehead atoms. The molecule has 2 heterocycles. The zero-order valence-corrected chi connectivity index (χ0v) is 17.8. The number of hydrogen-bond donors (Lipinski definition) is 5. The Hall–Kier alpha value is -3.20. The monoisotopic (exact) mass is 470 g/mol. The molecule has 4 amide bonds. The Morgan fingerprint density at radius 3 is 2.58 bits per heavy atom. The van der Waals surface area contributed by atoms with Gasteiger partial charge in [0.25, 0.3) is 17.6 Å². The molecule has 0 aromatic heterocycles. The molecule has 5 N–H and O–H groups in total. The molecule has 33 heavy (non-hydrogen) atoms. The smallest absolute Gasteiger partial charge is 0.364 e. The fourth-order valence-electron chi connectivity index (χ4n) is 3.20. The summed E-state index contributed by atoms with van der Waals surface area (Å²) in [6.45, 7) is 0.591. The first kappa shape index (κ1) is 26.1. The van der Waals surface area contributed by atoms with Crippen molar-refractivity contribution in [2.45, 2.75) is 50.2 Å². The van der Waals surface area contributed by atoms with Gasteiger partial charge in [0.15, 0.2) is 0 Å². The average molecular weight is 470 g/mol. The number of rotatable bonds is 11. The molecule has 182 valence electrons. The lowest BCUT2D eigenvalue weighted by molar-refractivity contribution is -0.284. The fraction of sp³-hybridized carbons (Fsp3) is 0.579. The lowest BCUT2D eigenvalue weighted by atomic mass is 9.93. The highest BCUT2D eigenvalue weighted by molar-refractivity contribution is 6.13. The van der Waals surface area contributed by atoms with Crippen LogP contribution >= 0.6 is 0 Å². The molecule has 1 saturated heterocycles. The quantitative estimate of drug-likeness (QED) is 0.0910. The number of ether oxygens (including phenoxy) is 2. The first-order valence-corrected chi connectivity index (χ1v) is 10.1. The van der Waals surface area contributed by atoms with Crippen molar-refractivity contribution in [3.8, 4) is 0 Å². The van der Waals surface area contributed by atoms with Crippen molar-refractivity contribution >= 4 is 35.8 Å². The summed E-state index contributed by atoms with van der Waals surface area (Å²) in [6.07, 6.45) is -0.191. The topological polar surface area (TPSA) is 204 Å². The van der Waals surface area contributed by atoms with Crippen LogP contribution in [-0.2, 0) is 33.4 Å². The maximum atomic E-state index is 12.0. The zero-order valence-electron chi connectivity index (χ0n) is 17.8. The number of aliphatic carboxylic acids is 1. The minimum atomic E-state index is -2.27. The molecule has 0 radical (unpaired) electrons. The van der Waals surface area contributed by atoms with Crippen LogP contribution in [0.3, 0.4) is 0 Å². The summed E-state index contributed by atoms with van der Waals surface area (Å²) in [6, 6.07) is -1.09. The van der Waals surface area contributed by atoms with Crippen molar-refractivity contribution in [2.75, 3.05) is 19.8 Å². The van der Waals surface area contributed by atoms with Gasteiger partial charge in [-0.1, -0.05) is 0 Å². The third-order valence-corrected chi connectivity index (χ3v) is 4.78. The molecule has 2 rings (SSSR count). The Bertz CT molecular complexity index is 826. The minimum Gasteiger partial charge on any atom is -0.477 e. The number of nitrogens with one attached hydrogen (secondary N) is 2. The maximum Gasteiger partial charge on any atom is 0.364 e. The number of carbonyl (C=O) groups excluding carboxylic acids is 4. The van der Waals surface area contributed by atoms with Crippen LogP contribution in [0.2, 0.25) is 0 Å². The molecular weight excluding hydrogens is 444 g/mol. The van der Waals surface area contributed by atoms with Crippen LogP contribution in [0.5, 0.6) is 0 Å². The Morgan fingerprint density at radius 2 is 2.00 bits per heavy atom. The normalized spacial score (nSPS) is 27.2. The summed E-state index contributed by atoms with van der Waals surface area (Å²) in [5, 5.41) is 35.1. The van der Waals surface area contributed by atoms with Gasteiger partial charge in [-0.25, -0.2) is 10.2 Å². The minimum absolute atomic E-state index is 0.121. The second kappa shape index (κ2) is 11.6. The summed E-state index contributed by atoms with van der Waals surface area (Å²) in [5.74, 6) is -6.06. The van der Waals surface area contributed by atoms with Crippen LogP contribution in [0.1, 0.15) is 26.2 Å². The fourth-order valence-corrected chi connectivity index (χ4v) is 3.20. The first-order valence-electron chi connectivity index (χ1n) is 10.1. The van der Waals surface area contributed by atoms with Crippen LogP contribution in [0, 0.1) is 0 Å². The third-order valence-electron chi connectivity index (χ3n) is 4.78. The standard InChI is InChI=1S/C19H26N4O10/c1-11(25)21-17-12(26)9-19(18(30)31,32-8-2-7-24)33-13(17)10-20-22-14(27)5-6-23-15(28)3-4-16(23)29/h3-4,10,12-13,17,24,26H,2,5-9H2,1H3,(H,21,25)(H,22,27)(H,30,31)/b20-10+. The van der Waals surface area contributed by atoms with Crippen molar-refractivity contribution in [1.82, 2.24) is 15.6 Å². The summed E-state index contributed by atoms with van der Waals surface area (Å²) in [5.41, 5.74) is 2.15. The zero-order chi connectivity index (χ0) is 24.6. The molecule has 4 unspecified atom stereocenters. The highest BCUT2D eigenvalue weighted by Gasteiger charge is 2.53. The van der Waals surface area contributed by atoms with Gasteiger partial charge in [0.2, 0.25) is 11.8 Å². The Labute approximate surface area is 188 Å². The lowest BCUT2D eigenvalue weighted by Crippen LogP contribution is -2.64. The van der Waals surface area contributed by atoms with E-state index in [2.05, 4.69) is 15.8 Å². The summed E-state index contributed by atoms with van der Waals surface area (Å²) in [4.78, 5) is 59.2. The highest BCUT2D eigenvalue weighted by Crippen LogP contribution is 2.31. The van der Waals surface area contributed by atoms with Gasteiger partial charge < -0.3 is 30.1 Å². The van der Waals surface area contributed by atoms with E-state index in [4.69, 9.17) is 14.6 Å². The van der Waals surface area contributed by atoms with Crippen molar-refractivity contribution in [3.63, 3.8) is 0 Å². The summed E-state index contributed by atoms with van der Waals surface area (Å²) >= 11 is 0. The number of imide groups is 1. The van der Waals surface area contributed by atoms with E-state index in [0.29, 0.717) is 0 Å². The van der Waals surface area contributed by atoms with Gasteiger partial charge in [-0.2, -0.15) is 5.10 Å². The largest absolute Gasteiger partial charge is 0.477 e. The Balaban J connectivity index is 2.06. The first-order chi connectivity index (χ1) is 15.6. The van der Waals surface area contributed by atoms with E-state index in [9.17, 15) is 34.2 Å². The predicted molar refractivity (Wildman–Crippen MR) is 108 cm³/mol. The number of amides is 4. The lowest BCUT2D eigenvalue weighted by Gasteiger charge is -2.43. The van der Waals surface area contributed by atoms with Crippen LogP contribution in [0.15, 0.2) is 17.3 Å². The number of nitrogens with zero attached hydrogens (tertiary/aromatic N) is 2. The number of carbonyl (C=O) groups is 5. The van der Waals surface area contributed by atoms with Crippen molar-refractivity contribution < 1.29 is 48.8 Å². The van der Waals surface area contributed by atoms with Crippen molar-refractivity contribution in [2.24, 2.45) is 5.10 Å². The van der Waals surface area contributed by atoms with E-state index in [1.807, 2.05) is 0 Å². The van der Waals surface area contributed by atoms with Gasteiger partial charge in [0, 0.05) is 45.1 Å². The third kappa shape index (κ3) is 6.89. The van der Waals surface area contributed by atoms with E-state index < -0.39 is 60.1 Å². The molecule has 0 aromatic rings. The second-order valence-corrected chi connectivity index (χ2v) is 7.29. The molecule has 4 atom stereocenters. The molecule has 2 aliphatic rings. The highest BCUT2D eigenvalue weighted by atomic mass is 16.7. The van der Waals surface area contributed by atoms with Crippen LogP contribution in [0.25, 0.3) is 0 Å². The molecule has 0 spiro atoms. The Morgan fingerprint density at radius 1 is 1.33 bits per heavy atom. The van der Waals surface area contributed by atoms with E-state index in [0.717, 1.165) is 23.3 Å². The number of aliphatic hydroxyl groups is 2. The number of aliphatic hydroxyl groups excluding tert-OH is 2. The number of carboxylic acid groups (broad SMARTS) is 1. The molecule has 14 nitrogen and oxygen atoms in total. The van der Waals surface area contributed by atoms with E-state index >= 15 is 0 Å². The van der Waals surface area contributed by atoms with E-state index in [1.165, 1.54) is 6.92 Å². The Kier molecular flexibility index (Phi) is 9.16. The molecule has 2 aliphatic heterocycles. The number of hydrogen-bond acceptors (Lipinski definition) is 10. The van der Waals surface area contributed by atoms with Crippen molar-refractivity contribution in [1.29, 1.82) is 0 Å². The van der Waals surface area contributed by atoms with Gasteiger partial charge in [-0.3, -0.25) is 24.1 Å². The van der Waals surface area contributed by atoms with E-state index in [-0.39, 0.29) is 32.6 Å². The predicted octanol–water partition coefficient (Wildman–Crippen LogP) is -2.76. The van der Waals surface area contributed by atoms with Crippen LogP contribution in [-0.4, -0.2) is 99.8 Å². The number of carboxylic acids is 1. The SMILES string of the molecule is CC(=O)NC1C(O)CC(OCCCO)(C(=O)O)OC1/C=N/NC(=O)CCN1C(=O)C=CC1=O. The van der Waals surface area contributed by atoms with Crippen LogP contribution < -0.4 is 10.7 Å². The second-order valence-electron chi connectivity index (χ2n) is 7.29. The summed E-state index contributed by atoms with van der Waals surface area (Å²) in [7, 11) is 0. The van der Waals surface area contributed by atoms with Crippen LogP contribution in [0.4, 0.5) is 0 Å². The number of hydrazone groups is 1. The van der Waals surface area contributed by atoms with E-state index in [1.54, 1.807) is 0 Å². The maximum absolute atomic E-state index is 12.0. The molecule has 14 heteroatoms. The molecule has 0 aromatic carbocycles. The average Bonchev–Trinajstić information content (AvgIpc) is 3.06. The van der Waals surface area contributed by atoms with Gasteiger partial charge in [0.05, 0.1) is 25.0 Å².